The summed E-state index contributed by atoms with van der Waals surface area (Å²) in [6, 6.07) is 0. The van der Waals surface area contributed by atoms with Gasteiger partial charge in [-0.1, -0.05) is 0 Å². The molecule has 4 unspecified atom stereocenters. The molecule has 0 radical (unpaired) electrons. The second-order valence-electron chi connectivity index (χ2n) is 7.34. The fraction of sp³-hybridized carbons (Fsp3) is 0.750. The molecule has 2 aliphatic carbocycles. The molecular formula is C16H26N2O8. The SMILES string of the molecule is NC1(C(=O)O)CCC(CC(=O)O)C1.NC1(C(=O)O)CCC(CC(=O)O)C1. The van der Waals surface area contributed by atoms with Gasteiger partial charge in [0.25, 0.3) is 0 Å². The number of hydrogen-bond donors (Lipinski definition) is 6. The first-order chi connectivity index (χ1) is 11.9. The quantitative estimate of drug-likeness (QED) is 0.370. The molecule has 2 aliphatic rings. The third-order valence-corrected chi connectivity index (χ3v) is 5.08. The summed E-state index contributed by atoms with van der Waals surface area (Å²) >= 11 is 0. The van der Waals surface area contributed by atoms with E-state index in [2.05, 4.69) is 0 Å². The van der Waals surface area contributed by atoms with E-state index in [0.717, 1.165) is 0 Å². The van der Waals surface area contributed by atoms with E-state index in [1.807, 2.05) is 0 Å². The highest BCUT2D eigenvalue weighted by Crippen LogP contribution is 2.35. The number of aliphatic carboxylic acids is 4. The first-order valence-corrected chi connectivity index (χ1v) is 8.36. The summed E-state index contributed by atoms with van der Waals surface area (Å²) in [5, 5.41) is 34.5. The molecule has 2 rings (SSSR count). The Bertz CT molecular complexity index is 531. The van der Waals surface area contributed by atoms with Crippen molar-refractivity contribution in [3.63, 3.8) is 0 Å². The minimum Gasteiger partial charge on any atom is -0.481 e. The third-order valence-electron chi connectivity index (χ3n) is 5.08. The average molecular weight is 374 g/mol. The molecule has 0 aromatic rings. The minimum atomic E-state index is -1.19. The van der Waals surface area contributed by atoms with Gasteiger partial charge in [0, 0.05) is 12.8 Å². The molecule has 0 heterocycles. The van der Waals surface area contributed by atoms with Crippen LogP contribution in [0.5, 0.6) is 0 Å². The molecule has 2 saturated carbocycles. The number of carbonyl (C=O) groups is 4. The van der Waals surface area contributed by atoms with E-state index in [1.54, 1.807) is 0 Å². The van der Waals surface area contributed by atoms with Crippen molar-refractivity contribution in [2.24, 2.45) is 23.3 Å². The number of hydrogen-bond acceptors (Lipinski definition) is 6. The van der Waals surface area contributed by atoms with Crippen LogP contribution in [0.25, 0.3) is 0 Å². The van der Waals surface area contributed by atoms with E-state index in [-0.39, 0.29) is 37.5 Å². The molecule has 10 heteroatoms. The molecule has 0 aromatic carbocycles. The van der Waals surface area contributed by atoms with Crippen LogP contribution in [0.4, 0.5) is 0 Å². The van der Waals surface area contributed by atoms with Gasteiger partial charge < -0.3 is 31.9 Å². The van der Waals surface area contributed by atoms with E-state index >= 15 is 0 Å². The second-order valence-corrected chi connectivity index (χ2v) is 7.34. The predicted molar refractivity (Wildman–Crippen MR) is 88.3 cm³/mol. The summed E-state index contributed by atoms with van der Waals surface area (Å²) in [4.78, 5) is 42.1. The molecule has 148 valence electrons. The lowest BCUT2D eigenvalue weighted by Gasteiger charge is -2.17. The molecule has 4 atom stereocenters. The van der Waals surface area contributed by atoms with Crippen LogP contribution in [-0.4, -0.2) is 55.4 Å². The van der Waals surface area contributed by atoms with Gasteiger partial charge in [-0.15, -0.1) is 0 Å². The summed E-state index contributed by atoms with van der Waals surface area (Å²) in [5.74, 6) is -4.00. The van der Waals surface area contributed by atoms with Crippen LogP contribution in [0, 0.1) is 11.8 Å². The Morgan fingerprint density at radius 2 is 1.04 bits per heavy atom. The van der Waals surface area contributed by atoms with Crippen molar-refractivity contribution < 1.29 is 39.6 Å². The topological polar surface area (TPSA) is 201 Å². The number of nitrogens with two attached hydrogens (primary N) is 2. The zero-order valence-corrected chi connectivity index (χ0v) is 14.4. The highest BCUT2D eigenvalue weighted by atomic mass is 16.4. The van der Waals surface area contributed by atoms with Gasteiger partial charge in [-0.3, -0.25) is 19.2 Å². The van der Waals surface area contributed by atoms with Crippen molar-refractivity contribution in [3.05, 3.63) is 0 Å². The molecule has 10 nitrogen and oxygen atoms in total. The number of carboxylic acids is 4. The lowest BCUT2D eigenvalue weighted by molar-refractivity contribution is -0.144. The van der Waals surface area contributed by atoms with Crippen molar-refractivity contribution in [1.82, 2.24) is 0 Å². The van der Waals surface area contributed by atoms with Crippen LogP contribution >= 0.6 is 0 Å². The normalized spacial score (nSPS) is 33.2. The van der Waals surface area contributed by atoms with Gasteiger partial charge in [0.2, 0.25) is 0 Å². The monoisotopic (exact) mass is 374 g/mol. The lowest BCUT2D eigenvalue weighted by atomic mass is 9.96. The molecule has 0 saturated heterocycles. The maximum atomic E-state index is 10.7. The number of rotatable bonds is 6. The Balaban J connectivity index is 0.000000260. The fourth-order valence-corrected chi connectivity index (χ4v) is 3.59. The highest BCUT2D eigenvalue weighted by Gasteiger charge is 2.43. The smallest absolute Gasteiger partial charge is 0.323 e. The van der Waals surface area contributed by atoms with E-state index in [4.69, 9.17) is 31.9 Å². The summed E-state index contributed by atoms with van der Waals surface area (Å²) in [6.07, 6.45) is 2.52. The second kappa shape index (κ2) is 8.45. The third kappa shape index (κ3) is 5.95. The summed E-state index contributed by atoms with van der Waals surface area (Å²) in [7, 11) is 0. The maximum Gasteiger partial charge on any atom is 0.323 e. The van der Waals surface area contributed by atoms with E-state index < -0.39 is 35.0 Å². The van der Waals surface area contributed by atoms with Crippen molar-refractivity contribution in [3.8, 4) is 0 Å². The Morgan fingerprint density at radius 1 is 0.731 bits per heavy atom. The van der Waals surface area contributed by atoms with Crippen LogP contribution in [0.1, 0.15) is 51.4 Å². The van der Waals surface area contributed by atoms with Gasteiger partial charge in [0.1, 0.15) is 11.1 Å². The summed E-state index contributed by atoms with van der Waals surface area (Å²) < 4.78 is 0. The molecule has 26 heavy (non-hydrogen) atoms. The van der Waals surface area contributed by atoms with Crippen LogP contribution in [-0.2, 0) is 19.2 Å². The van der Waals surface area contributed by atoms with Crippen LogP contribution in [0.3, 0.4) is 0 Å². The van der Waals surface area contributed by atoms with Gasteiger partial charge >= 0.3 is 23.9 Å². The van der Waals surface area contributed by atoms with E-state index in [0.29, 0.717) is 25.7 Å². The zero-order chi connectivity index (χ0) is 20.1. The molecule has 0 aromatic heterocycles. The Hall–Kier alpha value is -2.20. The Kier molecular flexibility index (Phi) is 7.10. The standard InChI is InChI=1S/2C8H13NO4/c2*9-8(7(12)13)2-1-5(4-8)3-6(10)11/h2*5H,1-4,9H2,(H,10,11)(H,12,13). The first-order valence-electron chi connectivity index (χ1n) is 8.36. The predicted octanol–water partition coefficient (Wildman–Crippen LogP) is 0.0866. The Labute approximate surface area is 150 Å². The fourth-order valence-electron chi connectivity index (χ4n) is 3.59. The van der Waals surface area contributed by atoms with E-state index in [1.165, 1.54) is 0 Å². The summed E-state index contributed by atoms with van der Waals surface area (Å²) in [6.45, 7) is 0. The molecule has 0 amide bonds. The van der Waals surface area contributed by atoms with Crippen LogP contribution in [0.2, 0.25) is 0 Å². The average Bonchev–Trinajstić information content (AvgIpc) is 3.04. The molecule has 2 fully saturated rings. The van der Waals surface area contributed by atoms with Crippen molar-refractivity contribution in [2.45, 2.75) is 62.4 Å². The van der Waals surface area contributed by atoms with Crippen molar-refractivity contribution >= 4 is 23.9 Å². The van der Waals surface area contributed by atoms with Gasteiger partial charge in [-0.25, -0.2) is 0 Å². The molecule has 0 spiro atoms. The Morgan fingerprint density at radius 3 is 1.23 bits per heavy atom. The highest BCUT2D eigenvalue weighted by molar-refractivity contribution is 5.79. The summed E-state index contributed by atoms with van der Waals surface area (Å²) in [5.41, 5.74) is 8.76. The van der Waals surface area contributed by atoms with Gasteiger partial charge in [0.15, 0.2) is 0 Å². The van der Waals surface area contributed by atoms with Gasteiger partial charge in [-0.2, -0.15) is 0 Å². The van der Waals surface area contributed by atoms with Crippen LogP contribution < -0.4 is 11.5 Å². The minimum absolute atomic E-state index is 0.0201. The number of carboxylic acid groups (broad SMARTS) is 4. The van der Waals surface area contributed by atoms with Crippen LogP contribution in [0.15, 0.2) is 0 Å². The molecule has 0 aliphatic heterocycles. The zero-order valence-electron chi connectivity index (χ0n) is 14.4. The molecule has 0 bridgehead atoms. The van der Waals surface area contributed by atoms with E-state index in [9.17, 15) is 19.2 Å². The van der Waals surface area contributed by atoms with Gasteiger partial charge in [0.05, 0.1) is 0 Å². The lowest BCUT2D eigenvalue weighted by Crippen LogP contribution is -2.45. The van der Waals surface area contributed by atoms with Crippen molar-refractivity contribution in [2.75, 3.05) is 0 Å². The molecular weight excluding hydrogens is 348 g/mol. The van der Waals surface area contributed by atoms with Gasteiger partial charge in [-0.05, 0) is 50.4 Å². The largest absolute Gasteiger partial charge is 0.481 e. The van der Waals surface area contributed by atoms with Crippen molar-refractivity contribution in [1.29, 1.82) is 0 Å². The first kappa shape index (κ1) is 21.8. The maximum absolute atomic E-state index is 10.7. The molecule has 8 N–H and O–H groups in total.